The third-order valence-corrected chi connectivity index (χ3v) is 4.10. The molecule has 3 heteroatoms. The molecule has 1 aliphatic heterocycles. The average Bonchev–Trinajstić information content (AvgIpc) is 2.89. The van der Waals surface area contributed by atoms with E-state index in [4.69, 9.17) is 4.98 Å². The number of hydrogen-bond acceptors (Lipinski definition) is 2. The van der Waals surface area contributed by atoms with E-state index >= 15 is 0 Å². The molecule has 20 heavy (non-hydrogen) atoms. The Morgan fingerprint density at radius 3 is 2.90 bits per heavy atom. The number of fused-ring (bicyclic) bond motifs is 3. The number of aromatic nitrogens is 2. The van der Waals surface area contributed by atoms with Crippen LogP contribution in [0.1, 0.15) is 12.0 Å². The minimum absolute atomic E-state index is 0.976. The van der Waals surface area contributed by atoms with Crippen LogP contribution in [-0.4, -0.2) is 22.5 Å². The molecule has 0 unspecified atom stereocenters. The predicted molar refractivity (Wildman–Crippen MR) is 83.4 cm³/mol. The van der Waals surface area contributed by atoms with Crippen molar-refractivity contribution in [3.63, 3.8) is 0 Å². The van der Waals surface area contributed by atoms with Crippen molar-refractivity contribution in [2.75, 3.05) is 18.0 Å². The molecular formula is C17H17N3. The van der Waals surface area contributed by atoms with Gasteiger partial charge in [-0.1, -0.05) is 18.2 Å². The Balaban J connectivity index is 1.98. The molecule has 0 saturated heterocycles. The molecule has 0 radical (unpaired) electrons. The van der Waals surface area contributed by atoms with E-state index in [-0.39, 0.29) is 0 Å². The molecule has 0 aliphatic carbocycles. The van der Waals surface area contributed by atoms with E-state index in [1.54, 1.807) is 0 Å². The number of benzene rings is 1. The van der Waals surface area contributed by atoms with Crippen LogP contribution in [0.15, 0.2) is 48.8 Å². The van der Waals surface area contributed by atoms with E-state index in [0.29, 0.717) is 0 Å². The van der Waals surface area contributed by atoms with E-state index in [2.05, 4.69) is 58.8 Å². The third-order valence-electron chi connectivity index (χ3n) is 4.10. The Kier molecular flexibility index (Phi) is 2.52. The van der Waals surface area contributed by atoms with Gasteiger partial charge in [0.2, 0.25) is 0 Å². The molecule has 3 heterocycles. The summed E-state index contributed by atoms with van der Waals surface area (Å²) in [7, 11) is 0. The molecule has 0 saturated carbocycles. The zero-order valence-electron chi connectivity index (χ0n) is 11.6. The van der Waals surface area contributed by atoms with Crippen molar-refractivity contribution in [1.29, 1.82) is 0 Å². The third kappa shape index (κ3) is 1.63. The minimum Gasteiger partial charge on any atom is -0.366 e. The van der Waals surface area contributed by atoms with Gasteiger partial charge in [-0.3, -0.25) is 4.98 Å². The maximum absolute atomic E-state index is 4.73. The second-order valence-electron chi connectivity index (χ2n) is 5.36. The van der Waals surface area contributed by atoms with Crippen molar-refractivity contribution in [3.05, 3.63) is 54.4 Å². The van der Waals surface area contributed by atoms with Crippen LogP contribution < -0.4 is 4.90 Å². The highest BCUT2D eigenvalue weighted by molar-refractivity contribution is 5.90. The molecule has 3 aromatic rings. The predicted octanol–water partition coefficient (Wildman–Crippen LogP) is 3.56. The first-order valence-corrected chi connectivity index (χ1v) is 7.10. The van der Waals surface area contributed by atoms with Crippen molar-refractivity contribution < 1.29 is 0 Å². The van der Waals surface area contributed by atoms with Gasteiger partial charge in [-0.25, -0.2) is 0 Å². The van der Waals surface area contributed by atoms with Crippen molar-refractivity contribution in [1.82, 2.24) is 9.38 Å². The maximum Gasteiger partial charge on any atom is 0.110 e. The normalized spacial score (nSPS) is 15.3. The SMILES string of the molecule is Cc1ccn2c1cnc1c(N3CC=CCC3)cccc12. The number of anilines is 1. The summed E-state index contributed by atoms with van der Waals surface area (Å²) in [5.41, 5.74) is 5.97. The van der Waals surface area contributed by atoms with Crippen molar-refractivity contribution >= 4 is 22.2 Å². The van der Waals surface area contributed by atoms with Crippen LogP contribution in [0.5, 0.6) is 0 Å². The fourth-order valence-corrected chi connectivity index (χ4v) is 3.00. The Labute approximate surface area is 118 Å². The lowest BCUT2D eigenvalue weighted by Gasteiger charge is -2.26. The molecule has 100 valence electrons. The highest BCUT2D eigenvalue weighted by Gasteiger charge is 2.13. The van der Waals surface area contributed by atoms with Crippen LogP contribution in [0.25, 0.3) is 16.6 Å². The van der Waals surface area contributed by atoms with Gasteiger partial charge in [0, 0.05) is 19.3 Å². The highest BCUT2D eigenvalue weighted by atomic mass is 15.1. The molecular weight excluding hydrogens is 246 g/mol. The zero-order chi connectivity index (χ0) is 13.5. The fourth-order valence-electron chi connectivity index (χ4n) is 3.00. The molecule has 0 N–H and O–H groups in total. The van der Waals surface area contributed by atoms with Gasteiger partial charge in [-0.2, -0.15) is 0 Å². The molecule has 2 aromatic heterocycles. The van der Waals surface area contributed by atoms with E-state index in [1.165, 1.54) is 22.3 Å². The summed E-state index contributed by atoms with van der Waals surface area (Å²) in [4.78, 5) is 7.13. The van der Waals surface area contributed by atoms with Gasteiger partial charge in [-0.05, 0) is 37.1 Å². The monoisotopic (exact) mass is 263 g/mol. The smallest absolute Gasteiger partial charge is 0.110 e. The van der Waals surface area contributed by atoms with Crippen molar-refractivity contribution in [3.8, 4) is 0 Å². The van der Waals surface area contributed by atoms with Gasteiger partial charge in [-0.15, -0.1) is 0 Å². The summed E-state index contributed by atoms with van der Waals surface area (Å²) >= 11 is 0. The van der Waals surface area contributed by atoms with Gasteiger partial charge in [0.1, 0.15) is 5.52 Å². The van der Waals surface area contributed by atoms with E-state index in [1.807, 2.05) is 6.20 Å². The molecule has 1 aromatic carbocycles. The largest absolute Gasteiger partial charge is 0.366 e. The highest BCUT2D eigenvalue weighted by Crippen LogP contribution is 2.27. The maximum atomic E-state index is 4.73. The van der Waals surface area contributed by atoms with Crippen LogP contribution in [0.3, 0.4) is 0 Å². The molecule has 3 nitrogen and oxygen atoms in total. The van der Waals surface area contributed by atoms with Gasteiger partial charge >= 0.3 is 0 Å². The number of hydrogen-bond donors (Lipinski definition) is 0. The molecule has 4 rings (SSSR count). The second kappa shape index (κ2) is 4.37. The van der Waals surface area contributed by atoms with E-state index in [9.17, 15) is 0 Å². The standard InChI is InChI=1S/C17H17N3/c1-13-8-11-20-15-7-5-6-14(17(15)18-12-16(13)20)19-9-3-2-4-10-19/h2-3,5-8,11-12H,4,9-10H2,1H3. The molecule has 0 atom stereocenters. The number of aryl methyl sites for hydroxylation is 1. The van der Waals surface area contributed by atoms with Crippen molar-refractivity contribution in [2.45, 2.75) is 13.3 Å². The van der Waals surface area contributed by atoms with Gasteiger partial charge in [0.25, 0.3) is 0 Å². The van der Waals surface area contributed by atoms with Crippen molar-refractivity contribution in [2.24, 2.45) is 0 Å². The number of rotatable bonds is 1. The van der Waals surface area contributed by atoms with Crippen LogP contribution >= 0.6 is 0 Å². The molecule has 1 aliphatic rings. The Hall–Kier alpha value is -2.29. The Morgan fingerprint density at radius 1 is 1.10 bits per heavy atom. The quantitative estimate of drug-likeness (QED) is 0.626. The molecule has 0 spiro atoms. The first-order chi connectivity index (χ1) is 9.84. The first-order valence-electron chi connectivity index (χ1n) is 7.10. The lowest BCUT2D eigenvalue weighted by Crippen LogP contribution is -2.27. The lowest BCUT2D eigenvalue weighted by atomic mass is 10.2. The summed E-state index contributed by atoms with van der Waals surface area (Å²) in [5.74, 6) is 0. The lowest BCUT2D eigenvalue weighted by molar-refractivity contribution is 0.823. The summed E-state index contributed by atoms with van der Waals surface area (Å²) in [6.45, 7) is 4.17. The van der Waals surface area contributed by atoms with Crippen LogP contribution in [-0.2, 0) is 0 Å². The molecule has 0 amide bonds. The minimum atomic E-state index is 0.976. The first kappa shape index (κ1) is 11.5. The summed E-state index contributed by atoms with van der Waals surface area (Å²) < 4.78 is 2.24. The second-order valence-corrected chi connectivity index (χ2v) is 5.36. The van der Waals surface area contributed by atoms with Crippen LogP contribution in [0.2, 0.25) is 0 Å². The van der Waals surface area contributed by atoms with Crippen LogP contribution in [0, 0.1) is 6.92 Å². The van der Waals surface area contributed by atoms with E-state index < -0.39 is 0 Å². The van der Waals surface area contributed by atoms with Gasteiger partial charge in [0.05, 0.1) is 22.9 Å². The Bertz CT molecular complexity index is 814. The van der Waals surface area contributed by atoms with Crippen LogP contribution in [0.4, 0.5) is 5.69 Å². The van der Waals surface area contributed by atoms with Gasteiger partial charge < -0.3 is 9.30 Å². The summed E-state index contributed by atoms with van der Waals surface area (Å²) in [6, 6.07) is 8.61. The molecule has 0 bridgehead atoms. The number of para-hydroxylation sites is 1. The number of nitrogens with zero attached hydrogens (tertiary/aromatic N) is 3. The Morgan fingerprint density at radius 2 is 2.05 bits per heavy atom. The average molecular weight is 263 g/mol. The summed E-state index contributed by atoms with van der Waals surface area (Å²) in [6.07, 6.45) is 9.72. The molecule has 0 fully saturated rings. The zero-order valence-corrected chi connectivity index (χ0v) is 11.6. The van der Waals surface area contributed by atoms with Gasteiger partial charge in [0.15, 0.2) is 0 Å². The fraction of sp³-hybridized carbons (Fsp3) is 0.235. The topological polar surface area (TPSA) is 20.5 Å². The summed E-state index contributed by atoms with van der Waals surface area (Å²) in [5, 5.41) is 0. The van der Waals surface area contributed by atoms with E-state index in [0.717, 1.165) is 25.0 Å².